The number of rotatable bonds is 9. The molecule has 15 atom stereocenters. The number of Topliss-reactive ketones (excluding diaryl/α,β-unsaturated/α-hetero) is 3. The summed E-state index contributed by atoms with van der Waals surface area (Å²) in [7, 11) is 4.52. The number of fused-ring (bicyclic) bond motifs is 3. The van der Waals surface area contributed by atoms with E-state index in [1.807, 2.05) is 58.1 Å². The number of amides is 1. The van der Waals surface area contributed by atoms with Crippen LogP contribution in [0.25, 0.3) is 0 Å². The fourth-order valence-corrected chi connectivity index (χ4v) is 10.3. The molecule has 68 heavy (non-hydrogen) atoms. The zero-order valence-corrected chi connectivity index (χ0v) is 42.4. The second-order valence-electron chi connectivity index (χ2n) is 20.2. The first kappa shape index (κ1) is 57.2. The predicted molar refractivity (Wildman–Crippen MR) is 256 cm³/mol. The van der Waals surface area contributed by atoms with E-state index in [0.29, 0.717) is 63.5 Å². The molecule has 15 heteroatoms. The highest BCUT2D eigenvalue weighted by Crippen LogP contribution is 2.38. The summed E-state index contributed by atoms with van der Waals surface area (Å²) in [6.07, 6.45) is 10.9. The number of aliphatic hydroxyl groups is 3. The van der Waals surface area contributed by atoms with Gasteiger partial charge in [-0.1, -0.05) is 71.1 Å². The summed E-state index contributed by atoms with van der Waals surface area (Å²) in [5.74, 6) is -8.09. The molecule has 4 aliphatic rings. The van der Waals surface area contributed by atoms with E-state index in [1.54, 1.807) is 41.1 Å². The lowest BCUT2D eigenvalue weighted by atomic mass is 9.78. The van der Waals surface area contributed by atoms with Crippen molar-refractivity contribution in [1.82, 2.24) is 4.90 Å². The van der Waals surface area contributed by atoms with E-state index in [4.69, 9.17) is 28.4 Å². The maximum absolute atomic E-state index is 14.4. The molecule has 2 bridgehead atoms. The Morgan fingerprint density at radius 1 is 0.853 bits per heavy atom. The summed E-state index contributed by atoms with van der Waals surface area (Å²) in [4.78, 5) is 72.2. The van der Waals surface area contributed by atoms with Crippen molar-refractivity contribution in [2.45, 2.75) is 180 Å². The first-order valence-corrected chi connectivity index (χ1v) is 25.0. The van der Waals surface area contributed by atoms with Crippen LogP contribution in [0.15, 0.2) is 47.6 Å². The Morgan fingerprint density at radius 2 is 1.59 bits per heavy atom. The molecule has 1 aliphatic carbocycles. The van der Waals surface area contributed by atoms with Crippen LogP contribution in [-0.4, -0.2) is 145 Å². The second kappa shape index (κ2) is 27.3. The molecule has 0 aromatic heterocycles. The summed E-state index contributed by atoms with van der Waals surface area (Å²) in [6.45, 7) is 13.4. The lowest BCUT2D eigenvalue weighted by Gasteiger charge is -2.43. The number of aliphatic hydroxyl groups excluding tert-OH is 2. The highest BCUT2D eigenvalue weighted by Gasteiger charge is 2.53. The quantitative estimate of drug-likeness (QED) is 0.102. The summed E-state index contributed by atoms with van der Waals surface area (Å²) < 4.78 is 35.1. The first-order valence-electron chi connectivity index (χ1n) is 25.0. The average Bonchev–Trinajstić information content (AvgIpc) is 3.31. The van der Waals surface area contributed by atoms with Gasteiger partial charge in [0.2, 0.25) is 5.79 Å². The molecule has 3 fully saturated rings. The van der Waals surface area contributed by atoms with Crippen LogP contribution in [0.4, 0.5) is 0 Å². The Morgan fingerprint density at radius 3 is 2.28 bits per heavy atom. The number of cyclic esters (lactones) is 1. The molecule has 3 aliphatic heterocycles. The van der Waals surface area contributed by atoms with E-state index in [0.717, 1.165) is 12.0 Å². The number of ketones is 3. The number of methoxy groups -OCH3 is 3. The molecule has 11 unspecified atom stereocenters. The van der Waals surface area contributed by atoms with Gasteiger partial charge in [0, 0.05) is 58.5 Å². The molecular weight excluding hydrogens is 875 g/mol. The minimum Gasteiger partial charge on any atom is -0.460 e. The van der Waals surface area contributed by atoms with E-state index in [1.165, 1.54) is 12.0 Å². The van der Waals surface area contributed by atoms with Crippen molar-refractivity contribution in [1.29, 1.82) is 0 Å². The van der Waals surface area contributed by atoms with E-state index in [2.05, 4.69) is 0 Å². The Hall–Kier alpha value is -3.41. The van der Waals surface area contributed by atoms with Gasteiger partial charge in [-0.25, -0.2) is 4.79 Å². The molecule has 0 spiro atoms. The van der Waals surface area contributed by atoms with Crippen LogP contribution in [0.1, 0.15) is 126 Å². The Balaban J connectivity index is 1.72. The van der Waals surface area contributed by atoms with Gasteiger partial charge in [0.25, 0.3) is 11.7 Å². The van der Waals surface area contributed by atoms with Crippen molar-refractivity contribution in [2.75, 3.05) is 41.1 Å². The number of esters is 1. The Labute approximate surface area is 405 Å². The summed E-state index contributed by atoms with van der Waals surface area (Å²) in [5.41, 5.74) is 1.24. The smallest absolute Gasteiger partial charge is 0.329 e. The van der Waals surface area contributed by atoms with E-state index in [9.17, 15) is 39.3 Å². The number of nitrogens with zero attached hydrogens (tertiary/aromatic N) is 1. The van der Waals surface area contributed by atoms with Crippen LogP contribution in [0.2, 0.25) is 0 Å². The van der Waals surface area contributed by atoms with Crippen molar-refractivity contribution in [2.24, 2.45) is 35.5 Å². The topological polar surface area (TPSA) is 205 Å². The zero-order valence-electron chi connectivity index (χ0n) is 42.4. The second-order valence-corrected chi connectivity index (χ2v) is 20.2. The number of allylic oxidation sites excluding steroid dienone is 6. The molecule has 2 saturated heterocycles. The molecule has 4 rings (SSSR count). The number of piperidine rings is 1. The third-order valence-corrected chi connectivity index (χ3v) is 14.8. The number of hydrogen-bond donors (Lipinski definition) is 3. The minimum atomic E-state index is -2.46. The summed E-state index contributed by atoms with van der Waals surface area (Å²) in [5, 5.41) is 34.0. The van der Waals surface area contributed by atoms with Crippen LogP contribution < -0.4 is 0 Å². The third-order valence-electron chi connectivity index (χ3n) is 14.8. The van der Waals surface area contributed by atoms with Crippen LogP contribution in [0.5, 0.6) is 0 Å². The fraction of sp³-hybridized carbons (Fsp3) is 0.755. The highest BCUT2D eigenvalue weighted by molar-refractivity contribution is 6.39. The monoisotopic (exact) mass is 958 g/mol. The molecule has 0 aromatic rings. The largest absolute Gasteiger partial charge is 0.460 e. The van der Waals surface area contributed by atoms with Gasteiger partial charge in [0.05, 0.1) is 37.6 Å². The molecule has 3 N–H and O–H groups in total. The summed E-state index contributed by atoms with van der Waals surface area (Å²) in [6, 6.07) is -1.15. The van der Waals surface area contributed by atoms with Crippen LogP contribution >= 0.6 is 0 Å². The van der Waals surface area contributed by atoms with Crippen LogP contribution in [0, 0.1) is 35.5 Å². The van der Waals surface area contributed by atoms with Gasteiger partial charge in [-0.05, 0) is 107 Å². The van der Waals surface area contributed by atoms with Crippen LogP contribution in [-0.2, 0) is 52.4 Å². The SMILES string of the molecule is COCCOC1CC2CCC(C)C(O)(O2)C(=O)C(=O)N2CCCCC2C(=O)OC([C@H](C)C[C@@H]2CC[C@@H](O)[C@H](OC)C2)CC(=O)C(C)C=C(C)C(O)C(OC)C(=O)C(C)CC(C)C=CC=CC=C1C. The average molecular weight is 958 g/mol. The molecule has 3 heterocycles. The van der Waals surface area contributed by atoms with Gasteiger partial charge in [-0.2, -0.15) is 0 Å². The third kappa shape index (κ3) is 15.5. The van der Waals surface area contributed by atoms with Gasteiger partial charge in [0.1, 0.15) is 30.1 Å². The van der Waals surface area contributed by atoms with Gasteiger partial charge >= 0.3 is 5.97 Å². The highest BCUT2D eigenvalue weighted by atomic mass is 16.6. The van der Waals surface area contributed by atoms with E-state index < -0.39 is 83.9 Å². The molecule has 1 amide bonds. The van der Waals surface area contributed by atoms with Crippen molar-refractivity contribution >= 4 is 29.2 Å². The molecule has 1 saturated carbocycles. The Bertz CT molecular complexity index is 1810. The normalized spacial score (nSPS) is 36.7. The maximum atomic E-state index is 14.4. The van der Waals surface area contributed by atoms with Gasteiger partial charge < -0.3 is 48.6 Å². The molecule has 0 radical (unpaired) electrons. The number of ether oxygens (including phenoxy) is 6. The predicted octanol–water partition coefficient (Wildman–Crippen LogP) is 6.20. The number of carbonyl (C=O) groups excluding carboxylic acids is 5. The molecule has 0 aromatic carbocycles. The fourth-order valence-electron chi connectivity index (χ4n) is 10.3. The van der Waals surface area contributed by atoms with E-state index in [-0.39, 0.29) is 67.8 Å². The maximum Gasteiger partial charge on any atom is 0.329 e. The summed E-state index contributed by atoms with van der Waals surface area (Å²) >= 11 is 0. The lowest BCUT2D eigenvalue weighted by Crippen LogP contribution is -2.61. The molecule has 384 valence electrons. The van der Waals surface area contributed by atoms with Crippen molar-refractivity contribution in [3.63, 3.8) is 0 Å². The van der Waals surface area contributed by atoms with Crippen LogP contribution in [0.3, 0.4) is 0 Å². The van der Waals surface area contributed by atoms with Gasteiger partial charge in [-0.3, -0.25) is 19.2 Å². The van der Waals surface area contributed by atoms with Crippen molar-refractivity contribution in [3.05, 3.63) is 47.6 Å². The van der Waals surface area contributed by atoms with Crippen molar-refractivity contribution in [3.8, 4) is 0 Å². The van der Waals surface area contributed by atoms with E-state index >= 15 is 0 Å². The number of hydrogen-bond acceptors (Lipinski definition) is 14. The lowest BCUT2D eigenvalue weighted by molar-refractivity contribution is -0.266. The van der Waals surface area contributed by atoms with Crippen molar-refractivity contribution < 1.29 is 67.7 Å². The molecule has 15 nitrogen and oxygen atoms in total. The standard InChI is InChI=1S/C53H83NO14/c1-32-16-12-11-13-17-33(2)44(66-25-24-63-8)30-40-21-19-38(7)53(62,68-40)50(59)51(60)54-23-15-14-18-41(54)52(61)67-45(35(4)28-39-20-22-42(55)46(29-39)64-9)31-43(56)34(3)27-37(6)48(58)49(65-10)47(57)36(5)26-32/h11-13,16-17,27,32,34-36,38-42,44-46,48-49,55,58,62H,14-15,18-26,28-31H2,1-10H3/t32?,34?,35-,36?,38?,39+,40?,41?,42-,44?,45?,46-,48?,49?,53?/m1/s1. The molecular formula is C53H83NO14. The Kier molecular flexibility index (Phi) is 22.9. The number of carbonyl (C=O) groups is 5. The van der Waals surface area contributed by atoms with Gasteiger partial charge in [0.15, 0.2) is 5.78 Å². The minimum absolute atomic E-state index is 0.00394. The first-order chi connectivity index (χ1) is 32.2. The zero-order chi connectivity index (χ0) is 50.3. The van der Waals surface area contributed by atoms with Gasteiger partial charge in [-0.15, -0.1) is 0 Å².